The molecule has 0 bridgehead atoms. The quantitative estimate of drug-likeness (QED) is 0.835. The van der Waals surface area contributed by atoms with Crippen LogP contribution in [0.3, 0.4) is 0 Å². The summed E-state index contributed by atoms with van der Waals surface area (Å²) in [6.45, 7) is 5.30. The van der Waals surface area contributed by atoms with Gasteiger partial charge in [-0.05, 0) is 38.7 Å². The Balaban J connectivity index is 2.07. The number of anilines is 1. The summed E-state index contributed by atoms with van der Waals surface area (Å²) in [5.74, 6) is 0.860. The number of aromatic nitrogens is 2. The minimum atomic E-state index is 0.167. The van der Waals surface area contributed by atoms with Gasteiger partial charge in [0.2, 0.25) is 5.95 Å². The Morgan fingerprint density at radius 2 is 2.19 bits per heavy atom. The molecule has 2 unspecified atom stereocenters. The summed E-state index contributed by atoms with van der Waals surface area (Å²) in [5, 5.41) is 0. The lowest BCUT2D eigenvalue weighted by Crippen LogP contribution is -2.28. The third-order valence-electron chi connectivity index (χ3n) is 3.06. The molecule has 0 spiro atoms. The Morgan fingerprint density at radius 1 is 1.50 bits per heavy atom. The van der Waals surface area contributed by atoms with E-state index in [1.54, 1.807) is 0 Å². The molecule has 2 N–H and O–H groups in total. The molecule has 1 aromatic heterocycles. The first-order chi connectivity index (χ1) is 7.66. The van der Waals surface area contributed by atoms with Gasteiger partial charge in [-0.2, -0.15) is 0 Å². The molecule has 1 fully saturated rings. The molecule has 1 saturated heterocycles. The largest absolute Gasteiger partial charge is 0.338 e. The lowest BCUT2D eigenvalue weighted by Gasteiger charge is -2.21. The Bertz CT molecular complexity index is 333. The number of nitrogens with zero attached hydrogens (tertiary/aromatic N) is 3. The minimum Gasteiger partial charge on any atom is -0.338 e. The zero-order chi connectivity index (χ0) is 11.5. The first-order valence-corrected chi connectivity index (χ1v) is 6.00. The van der Waals surface area contributed by atoms with Gasteiger partial charge in [-0.25, -0.2) is 9.97 Å². The molecule has 0 saturated carbocycles. The molecule has 1 aliphatic rings. The highest BCUT2D eigenvalue weighted by Gasteiger charge is 2.22. The van der Waals surface area contributed by atoms with Crippen molar-refractivity contribution in [3.63, 3.8) is 0 Å². The number of rotatable bonds is 3. The number of hydrogen-bond acceptors (Lipinski definition) is 4. The zero-order valence-electron chi connectivity index (χ0n) is 10.1. The molecule has 0 aromatic carbocycles. The van der Waals surface area contributed by atoms with Crippen molar-refractivity contribution in [3.8, 4) is 0 Å². The van der Waals surface area contributed by atoms with E-state index < -0.39 is 0 Å². The van der Waals surface area contributed by atoms with Gasteiger partial charge in [0.15, 0.2) is 0 Å². The van der Waals surface area contributed by atoms with Gasteiger partial charge in [0.05, 0.1) is 0 Å². The van der Waals surface area contributed by atoms with Crippen molar-refractivity contribution in [2.24, 2.45) is 5.73 Å². The van der Waals surface area contributed by atoms with E-state index in [-0.39, 0.29) is 6.04 Å². The van der Waals surface area contributed by atoms with Gasteiger partial charge in [-0.3, -0.25) is 0 Å². The molecule has 16 heavy (non-hydrogen) atoms. The van der Waals surface area contributed by atoms with Crippen molar-refractivity contribution in [2.45, 2.75) is 45.2 Å². The Kier molecular flexibility index (Phi) is 3.39. The lowest BCUT2D eigenvalue weighted by atomic mass is 10.1. The third kappa shape index (κ3) is 2.50. The van der Waals surface area contributed by atoms with Crippen LogP contribution in [0.15, 0.2) is 12.4 Å². The third-order valence-corrected chi connectivity index (χ3v) is 3.06. The molecule has 0 aliphatic carbocycles. The Labute approximate surface area is 96.9 Å². The van der Waals surface area contributed by atoms with Crippen molar-refractivity contribution in [3.05, 3.63) is 18.0 Å². The second-order valence-electron chi connectivity index (χ2n) is 4.76. The van der Waals surface area contributed by atoms with Gasteiger partial charge < -0.3 is 10.6 Å². The first kappa shape index (κ1) is 11.3. The van der Waals surface area contributed by atoms with E-state index in [1.165, 1.54) is 12.8 Å². The van der Waals surface area contributed by atoms with Gasteiger partial charge in [0.25, 0.3) is 0 Å². The van der Waals surface area contributed by atoms with Gasteiger partial charge in [0.1, 0.15) is 0 Å². The second-order valence-corrected chi connectivity index (χ2v) is 4.76. The summed E-state index contributed by atoms with van der Waals surface area (Å²) in [6.07, 6.45) is 7.13. The van der Waals surface area contributed by atoms with Crippen LogP contribution < -0.4 is 10.6 Å². The zero-order valence-corrected chi connectivity index (χ0v) is 10.1. The molecule has 4 nitrogen and oxygen atoms in total. The summed E-state index contributed by atoms with van der Waals surface area (Å²) in [6, 6.07) is 0.736. The molecule has 2 heterocycles. The summed E-state index contributed by atoms with van der Waals surface area (Å²) < 4.78 is 0. The molecule has 0 amide bonds. The standard InChI is InChI=1S/C12H20N4/c1-9(13)6-11-7-14-12(15-8-11)16-5-3-4-10(16)2/h7-10H,3-6,13H2,1-2H3. The fourth-order valence-corrected chi connectivity index (χ4v) is 2.20. The van der Waals surface area contributed by atoms with E-state index in [0.717, 1.165) is 24.5 Å². The van der Waals surface area contributed by atoms with Crippen LogP contribution in [0.25, 0.3) is 0 Å². The number of hydrogen-bond donors (Lipinski definition) is 1. The maximum atomic E-state index is 5.74. The predicted octanol–water partition coefficient (Wildman–Crippen LogP) is 1.35. The normalized spacial score (nSPS) is 22.4. The van der Waals surface area contributed by atoms with E-state index in [9.17, 15) is 0 Å². The van der Waals surface area contributed by atoms with Crippen LogP contribution in [0.5, 0.6) is 0 Å². The highest BCUT2D eigenvalue weighted by molar-refractivity contribution is 5.33. The Morgan fingerprint density at radius 3 is 2.69 bits per heavy atom. The van der Waals surface area contributed by atoms with Crippen molar-refractivity contribution >= 4 is 5.95 Å². The van der Waals surface area contributed by atoms with Crippen molar-refractivity contribution in [1.82, 2.24) is 9.97 Å². The maximum Gasteiger partial charge on any atom is 0.225 e. The Hall–Kier alpha value is -1.16. The second kappa shape index (κ2) is 4.78. The van der Waals surface area contributed by atoms with Crippen LogP contribution in [-0.2, 0) is 6.42 Å². The number of nitrogens with two attached hydrogens (primary N) is 1. The first-order valence-electron chi connectivity index (χ1n) is 6.00. The van der Waals surface area contributed by atoms with E-state index in [0.29, 0.717) is 6.04 Å². The molecule has 2 rings (SSSR count). The van der Waals surface area contributed by atoms with Crippen LogP contribution in [0.1, 0.15) is 32.3 Å². The summed E-state index contributed by atoms with van der Waals surface area (Å²) in [5.41, 5.74) is 6.86. The van der Waals surface area contributed by atoms with Crippen LogP contribution >= 0.6 is 0 Å². The van der Waals surface area contributed by atoms with E-state index in [4.69, 9.17) is 5.73 Å². The van der Waals surface area contributed by atoms with Crippen molar-refractivity contribution < 1.29 is 0 Å². The fourth-order valence-electron chi connectivity index (χ4n) is 2.20. The molecule has 2 atom stereocenters. The van der Waals surface area contributed by atoms with Crippen LogP contribution in [0, 0.1) is 0 Å². The molecule has 1 aliphatic heterocycles. The average Bonchev–Trinajstić information content (AvgIpc) is 2.65. The topological polar surface area (TPSA) is 55.0 Å². The average molecular weight is 220 g/mol. The van der Waals surface area contributed by atoms with Crippen molar-refractivity contribution in [2.75, 3.05) is 11.4 Å². The predicted molar refractivity (Wildman–Crippen MR) is 65.4 cm³/mol. The highest BCUT2D eigenvalue weighted by atomic mass is 15.3. The van der Waals surface area contributed by atoms with Crippen LogP contribution in [0.2, 0.25) is 0 Å². The monoisotopic (exact) mass is 220 g/mol. The maximum absolute atomic E-state index is 5.74. The van der Waals surface area contributed by atoms with Crippen LogP contribution in [0.4, 0.5) is 5.95 Å². The molecule has 4 heteroatoms. The molecule has 1 aromatic rings. The van der Waals surface area contributed by atoms with Crippen molar-refractivity contribution in [1.29, 1.82) is 0 Å². The van der Waals surface area contributed by atoms with Gasteiger partial charge in [0, 0.05) is 31.0 Å². The summed E-state index contributed by atoms with van der Waals surface area (Å²) in [7, 11) is 0. The SMILES string of the molecule is CC(N)Cc1cnc(N2CCCC2C)nc1. The smallest absolute Gasteiger partial charge is 0.225 e. The van der Waals surface area contributed by atoms with E-state index in [2.05, 4.69) is 21.8 Å². The summed E-state index contributed by atoms with van der Waals surface area (Å²) >= 11 is 0. The van der Waals surface area contributed by atoms with E-state index >= 15 is 0 Å². The molecule has 0 radical (unpaired) electrons. The fraction of sp³-hybridized carbons (Fsp3) is 0.667. The van der Waals surface area contributed by atoms with Crippen LogP contribution in [-0.4, -0.2) is 28.6 Å². The minimum absolute atomic E-state index is 0.167. The highest BCUT2D eigenvalue weighted by Crippen LogP contribution is 2.21. The van der Waals surface area contributed by atoms with Gasteiger partial charge >= 0.3 is 0 Å². The van der Waals surface area contributed by atoms with Gasteiger partial charge in [-0.15, -0.1) is 0 Å². The molecule has 88 valence electrons. The molecular formula is C12H20N4. The van der Waals surface area contributed by atoms with E-state index in [1.807, 2.05) is 19.3 Å². The van der Waals surface area contributed by atoms with Gasteiger partial charge in [-0.1, -0.05) is 0 Å². The molecular weight excluding hydrogens is 200 g/mol. The summed E-state index contributed by atoms with van der Waals surface area (Å²) in [4.78, 5) is 11.1. The lowest BCUT2D eigenvalue weighted by molar-refractivity contribution is 0.707.